The molecular weight excluding hydrogens is 408 g/mol. The van der Waals surface area contributed by atoms with Gasteiger partial charge in [-0.05, 0) is 61.4 Å². The van der Waals surface area contributed by atoms with E-state index in [1.807, 2.05) is 0 Å². The lowest BCUT2D eigenvalue weighted by Gasteiger charge is -2.17. The molecule has 1 aromatic heterocycles. The number of rotatable bonds is 7. The fourth-order valence-corrected chi connectivity index (χ4v) is 6.16. The Labute approximate surface area is 175 Å². The molecule has 3 rings (SSSR count). The molecule has 29 heavy (non-hydrogen) atoms. The van der Waals surface area contributed by atoms with Gasteiger partial charge in [-0.1, -0.05) is 6.92 Å². The average molecular weight is 433 g/mol. The van der Waals surface area contributed by atoms with Gasteiger partial charge in [-0.15, -0.1) is 11.3 Å². The minimum atomic E-state index is -3.46. The molecule has 0 unspecified atom stereocenters. The molecule has 0 radical (unpaired) electrons. The minimum Gasteiger partial charge on any atom is -0.497 e. The first kappa shape index (κ1) is 21.3. The number of anilines is 1. The number of thiophene rings is 1. The number of ether oxygens (including phenoxy) is 1. The van der Waals surface area contributed by atoms with Gasteiger partial charge in [-0.25, -0.2) is 8.42 Å². The first-order valence-corrected chi connectivity index (χ1v) is 12.0. The summed E-state index contributed by atoms with van der Waals surface area (Å²) in [5.41, 5.74) is 1.63. The number of sulfone groups is 1. The highest BCUT2D eigenvalue weighted by atomic mass is 32.2. The third-order valence-corrected chi connectivity index (χ3v) is 8.10. The van der Waals surface area contributed by atoms with Crippen LogP contribution < -0.4 is 10.1 Å². The number of carbonyl (C=O) groups is 1. The maximum absolute atomic E-state index is 12.4. The highest BCUT2D eigenvalue weighted by molar-refractivity contribution is 7.91. The molecule has 0 saturated heterocycles. The SMILES string of the molecule is COc1ccc(S(=O)(=O)CCCC(=O)Nc2sc3c(c2C#N)CC[C@@H](C)C3)cc1. The molecule has 0 spiro atoms. The topological polar surface area (TPSA) is 96.3 Å². The quantitative estimate of drug-likeness (QED) is 0.715. The van der Waals surface area contributed by atoms with Crippen molar-refractivity contribution in [2.75, 3.05) is 18.2 Å². The summed E-state index contributed by atoms with van der Waals surface area (Å²) in [5, 5.41) is 12.9. The van der Waals surface area contributed by atoms with Crippen LogP contribution in [0.4, 0.5) is 5.00 Å². The first-order chi connectivity index (χ1) is 13.8. The first-order valence-electron chi connectivity index (χ1n) is 9.55. The number of carbonyl (C=O) groups excluding carboxylic acids is 1. The molecule has 1 heterocycles. The maximum atomic E-state index is 12.4. The third-order valence-electron chi connectivity index (χ3n) is 5.11. The second kappa shape index (κ2) is 8.97. The van der Waals surface area contributed by atoms with Gasteiger partial charge in [0, 0.05) is 11.3 Å². The maximum Gasteiger partial charge on any atom is 0.225 e. The molecule has 1 amide bonds. The summed E-state index contributed by atoms with van der Waals surface area (Å²) >= 11 is 1.47. The van der Waals surface area contributed by atoms with Gasteiger partial charge in [-0.2, -0.15) is 5.26 Å². The summed E-state index contributed by atoms with van der Waals surface area (Å²) in [7, 11) is -1.94. The van der Waals surface area contributed by atoms with E-state index in [1.165, 1.54) is 35.5 Å². The Morgan fingerprint density at radius 2 is 2.07 bits per heavy atom. The Morgan fingerprint density at radius 3 is 2.72 bits per heavy atom. The van der Waals surface area contributed by atoms with Crippen molar-refractivity contribution in [1.82, 2.24) is 0 Å². The zero-order chi connectivity index (χ0) is 21.0. The van der Waals surface area contributed by atoms with E-state index >= 15 is 0 Å². The van der Waals surface area contributed by atoms with Gasteiger partial charge in [0.1, 0.15) is 16.8 Å². The van der Waals surface area contributed by atoms with Crippen molar-refractivity contribution >= 4 is 32.1 Å². The molecule has 1 N–H and O–H groups in total. The molecule has 2 aromatic rings. The summed E-state index contributed by atoms with van der Waals surface area (Å²) in [5.74, 6) is 0.790. The van der Waals surface area contributed by atoms with Crippen LogP contribution in [0.3, 0.4) is 0 Å². The van der Waals surface area contributed by atoms with Gasteiger partial charge < -0.3 is 10.1 Å². The Balaban J connectivity index is 1.58. The molecule has 0 fully saturated rings. The normalized spacial score (nSPS) is 16.0. The average Bonchev–Trinajstić information content (AvgIpc) is 3.03. The van der Waals surface area contributed by atoms with Gasteiger partial charge in [0.05, 0.1) is 23.3 Å². The fourth-order valence-electron chi connectivity index (χ4n) is 3.47. The Kier molecular flexibility index (Phi) is 6.60. The van der Waals surface area contributed by atoms with Crippen molar-refractivity contribution in [1.29, 1.82) is 5.26 Å². The molecule has 1 atom stereocenters. The van der Waals surface area contributed by atoms with Crippen LogP contribution in [0.5, 0.6) is 5.75 Å². The van der Waals surface area contributed by atoms with Crippen LogP contribution in [-0.4, -0.2) is 27.2 Å². The predicted molar refractivity (Wildman–Crippen MR) is 113 cm³/mol. The monoisotopic (exact) mass is 432 g/mol. The fraction of sp³-hybridized carbons (Fsp3) is 0.429. The van der Waals surface area contributed by atoms with Crippen LogP contribution in [0.25, 0.3) is 0 Å². The number of methoxy groups -OCH3 is 1. The van der Waals surface area contributed by atoms with E-state index in [0.717, 1.165) is 24.8 Å². The second-order valence-corrected chi connectivity index (χ2v) is 10.5. The molecule has 1 aliphatic carbocycles. The zero-order valence-corrected chi connectivity index (χ0v) is 18.2. The molecule has 0 saturated carbocycles. The molecule has 6 nitrogen and oxygen atoms in total. The van der Waals surface area contributed by atoms with E-state index in [1.54, 1.807) is 12.1 Å². The second-order valence-electron chi connectivity index (χ2n) is 7.31. The van der Waals surface area contributed by atoms with E-state index in [9.17, 15) is 18.5 Å². The number of nitrogens with zero attached hydrogens (tertiary/aromatic N) is 1. The number of nitriles is 1. The number of hydrogen-bond acceptors (Lipinski definition) is 6. The summed E-state index contributed by atoms with van der Waals surface area (Å²) in [6, 6.07) is 8.43. The number of hydrogen-bond donors (Lipinski definition) is 1. The van der Waals surface area contributed by atoms with Crippen LogP contribution in [-0.2, 0) is 27.5 Å². The summed E-state index contributed by atoms with van der Waals surface area (Å²) in [6.07, 6.45) is 3.15. The molecule has 1 aromatic carbocycles. The largest absolute Gasteiger partial charge is 0.497 e. The Morgan fingerprint density at radius 1 is 1.34 bits per heavy atom. The van der Waals surface area contributed by atoms with Crippen LogP contribution in [0.1, 0.15) is 42.2 Å². The lowest BCUT2D eigenvalue weighted by Crippen LogP contribution is -2.14. The highest BCUT2D eigenvalue weighted by Gasteiger charge is 2.24. The van der Waals surface area contributed by atoms with Crippen LogP contribution in [0.2, 0.25) is 0 Å². The van der Waals surface area contributed by atoms with Gasteiger partial charge in [0.25, 0.3) is 0 Å². The van der Waals surface area contributed by atoms with Crippen LogP contribution in [0, 0.1) is 17.2 Å². The molecule has 8 heteroatoms. The summed E-state index contributed by atoms with van der Waals surface area (Å²) < 4.78 is 29.9. The molecule has 0 bridgehead atoms. The van der Waals surface area contributed by atoms with Crippen molar-refractivity contribution in [3.05, 3.63) is 40.3 Å². The molecular formula is C21H24N2O4S2. The summed E-state index contributed by atoms with van der Waals surface area (Å²) in [4.78, 5) is 13.7. The Bertz CT molecular complexity index is 1030. The van der Waals surface area contributed by atoms with Crippen LogP contribution >= 0.6 is 11.3 Å². The standard InChI is InChI=1S/C21H24N2O4S2/c1-14-5-10-17-18(13-22)21(28-19(17)12-14)23-20(24)4-3-11-29(25,26)16-8-6-15(27-2)7-9-16/h6-9,14H,3-5,10-12H2,1-2H3,(H,23,24)/t14-/m1/s1. The highest BCUT2D eigenvalue weighted by Crippen LogP contribution is 2.39. The summed E-state index contributed by atoms with van der Waals surface area (Å²) in [6.45, 7) is 2.19. The number of benzene rings is 1. The van der Waals surface area contributed by atoms with Crippen molar-refractivity contribution in [2.45, 2.75) is 43.9 Å². The Hall–Kier alpha value is -2.37. The predicted octanol–water partition coefficient (Wildman–Crippen LogP) is 3.95. The lowest BCUT2D eigenvalue weighted by atomic mass is 9.89. The van der Waals surface area contributed by atoms with E-state index in [2.05, 4.69) is 18.3 Å². The molecule has 0 aliphatic heterocycles. The van der Waals surface area contributed by atoms with Crippen molar-refractivity contribution in [2.24, 2.45) is 5.92 Å². The zero-order valence-electron chi connectivity index (χ0n) is 16.5. The molecule has 154 valence electrons. The van der Waals surface area contributed by atoms with Gasteiger partial charge >= 0.3 is 0 Å². The van der Waals surface area contributed by atoms with Crippen molar-refractivity contribution in [3.63, 3.8) is 0 Å². The third kappa shape index (κ3) is 4.98. The van der Waals surface area contributed by atoms with Crippen molar-refractivity contribution < 1.29 is 17.9 Å². The van der Waals surface area contributed by atoms with Crippen molar-refractivity contribution in [3.8, 4) is 11.8 Å². The smallest absolute Gasteiger partial charge is 0.225 e. The molecule has 1 aliphatic rings. The van der Waals surface area contributed by atoms with E-state index in [0.29, 0.717) is 22.2 Å². The lowest BCUT2D eigenvalue weighted by molar-refractivity contribution is -0.116. The van der Waals surface area contributed by atoms with E-state index < -0.39 is 9.84 Å². The minimum absolute atomic E-state index is 0.0826. The van der Waals surface area contributed by atoms with E-state index in [-0.39, 0.29) is 29.4 Å². The van der Waals surface area contributed by atoms with Gasteiger partial charge in [0.15, 0.2) is 9.84 Å². The number of nitrogens with one attached hydrogen (secondary N) is 1. The number of fused-ring (bicyclic) bond motifs is 1. The van der Waals surface area contributed by atoms with Gasteiger partial charge in [-0.3, -0.25) is 4.79 Å². The number of amides is 1. The van der Waals surface area contributed by atoms with E-state index in [4.69, 9.17) is 4.74 Å². The van der Waals surface area contributed by atoms with Crippen LogP contribution in [0.15, 0.2) is 29.2 Å². The van der Waals surface area contributed by atoms with Gasteiger partial charge in [0.2, 0.25) is 5.91 Å².